The number of amides is 2. The van der Waals surface area contributed by atoms with E-state index in [1.54, 1.807) is 43.2 Å². The predicted molar refractivity (Wildman–Crippen MR) is 109 cm³/mol. The summed E-state index contributed by atoms with van der Waals surface area (Å²) in [5.74, 6) is 0.717. The van der Waals surface area contributed by atoms with E-state index < -0.39 is 6.10 Å². The number of rotatable bonds is 9. The summed E-state index contributed by atoms with van der Waals surface area (Å²) in [7, 11) is 3.21. The quantitative estimate of drug-likeness (QED) is 0.564. The molecule has 3 rings (SSSR count). The van der Waals surface area contributed by atoms with Gasteiger partial charge in [-0.15, -0.1) is 5.10 Å². The van der Waals surface area contributed by atoms with Crippen LogP contribution in [-0.2, 0) is 22.6 Å². The molecule has 164 valence electrons. The van der Waals surface area contributed by atoms with Crippen molar-refractivity contribution < 1.29 is 24.1 Å². The monoisotopic (exact) mass is 419 g/mol. The van der Waals surface area contributed by atoms with Gasteiger partial charge in [-0.25, -0.2) is 4.79 Å². The van der Waals surface area contributed by atoms with Crippen molar-refractivity contribution in [1.82, 2.24) is 20.3 Å². The molecule has 1 aliphatic rings. The molecule has 0 bridgehead atoms. The maximum atomic E-state index is 12.3. The van der Waals surface area contributed by atoms with E-state index >= 15 is 0 Å². The average molecular weight is 419 g/mol. The number of hydrogen-bond acceptors (Lipinski definition) is 7. The van der Waals surface area contributed by atoms with Gasteiger partial charge in [-0.2, -0.15) is 0 Å². The second-order valence-corrected chi connectivity index (χ2v) is 7.18. The Hall–Kier alpha value is -2.69. The number of aliphatic hydroxyl groups is 1. The Morgan fingerprint density at radius 3 is 2.80 bits per heavy atom. The molecule has 1 aromatic heterocycles. The number of anilines is 1. The first-order chi connectivity index (χ1) is 14.6. The molecule has 1 aromatic carbocycles. The van der Waals surface area contributed by atoms with Gasteiger partial charge in [0.25, 0.3) is 0 Å². The van der Waals surface area contributed by atoms with Gasteiger partial charge in [-0.1, -0.05) is 5.21 Å². The summed E-state index contributed by atoms with van der Waals surface area (Å²) < 4.78 is 17.9. The summed E-state index contributed by atoms with van der Waals surface area (Å²) in [6.07, 6.45) is 3.63. The van der Waals surface area contributed by atoms with Crippen molar-refractivity contribution in [2.75, 3.05) is 26.1 Å². The number of carbonyl (C=O) groups is 1. The summed E-state index contributed by atoms with van der Waals surface area (Å²) in [4.78, 5) is 12.3. The zero-order valence-electron chi connectivity index (χ0n) is 17.3. The number of hydrogen-bond donors (Lipinski definition) is 3. The van der Waals surface area contributed by atoms with E-state index in [1.807, 2.05) is 6.20 Å². The van der Waals surface area contributed by atoms with Crippen LogP contribution in [0.4, 0.5) is 10.5 Å². The molecule has 0 aliphatic carbocycles. The van der Waals surface area contributed by atoms with Gasteiger partial charge in [0.15, 0.2) is 0 Å². The van der Waals surface area contributed by atoms with Crippen molar-refractivity contribution in [3.8, 4) is 5.75 Å². The molecule has 1 aliphatic heterocycles. The van der Waals surface area contributed by atoms with Gasteiger partial charge in [0.1, 0.15) is 17.5 Å². The van der Waals surface area contributed by atoms with Gasteiger partial charge in [0, 0.05) is 19.3 Å². The second-order valence-electron chi connectivity index (χ2n) is 7.18. The first-order valence-electron chi connectivity index (χ1n) is 9.97. The van der Waals surface area contributed by atoms with E-state index in [1.165, 1.54) is 0 Å². The molecule has 2 amide bonds. The number of ether oxygens (including phenoxy) is 3. The van der Waals surface area contributed by atoms with Crippen LogP contribution in [0.2, 0.25) is 0 Å². The number of methoxy groups -OCH3 is 2. The zero-order valence-corrected chi connectivity index (χ0v) is 17.3. The van der Waals surface area contributed by atoms with Crippen LogP contribution < -0.4 is 15.4 Å². The van der Waals surface area contributed by atoms with Crippen molar-refractivity contribution in [3.63, 3.8) is 0 Å². The molecular weight excluding hydrogens is 390 g/mol. The Labute approximate surface area is 175 Å². The Balaban J connectivity index is 1.45. The molecule has 2 heterocycles. The lowest BCUT2D eigenvalue weighted by molar-refractivity contribution is -0.0905. The minimum Gasteiger partial charge on any atom is -0.497 e. The molecule has 1 saturated heterocycles. The lowest BCUT2D eigenvalue weighted by Gasteiger charge is -2.36. The molecule has 3 atom stereocenters. The Morgan fingerprint density at radius 1 is 1.30 bits per heavy atom. The standard InChI is InChI=1S/C20H29N5O5/c1-28-13-15-11-25(24-23-15)10-9-17-7-8-18(19(12-26)30-17)22-20(27)21-14-3-5-16(29-2)6-4-14/h3-6,11,17-19,26H,7-10,12-13H2,1-2H3,(H2,21,22,27)/t17-,18+,19+/m0/s1. The van der Waals surface area contributed by atoms with Crippen molar-refractivity contribution in [2.24, 2.45) is 0 Å². The van der Waals surface area contributed by atoms with Crippen molar-refractivity contribution >= 4 is 11.7 Å². The number of nitrogens with zero attached hydrogens (tertiary/aromatic N) is 3. The summed E-state index contributed by atoms with van der Waals surface area (Å²) in [5, 5.41) is 23.5. The number of benzene rings is 1. The highest BCUT2D eigenvalue weighted by Gasteiger charge is 2.31. The minimum atomic E-state index is -0.454. The smallest absolute Gasteiger partial charge is 0.319 e. The van der Waals surface area contributed by atoms with E-state index in [0.717, 1.165) is 25.0 Å². The maximum Gasteiger partial charge on any atom is 0.319 e. The molecule has 0 spiro atoms. The normalized spacial score (nSPS) is 21.2. The third-order valence-corrected chi connectivity index (χ3v) is 5.02. The van der Waals surface area contributed by atoms with Crippen LogP contribution >= 0.6 is 0 Å². The summed E-state index contributed by atoms with van der Waals surface area (Å²) in [6.45, 7) is 0.930. The van der Waals surface area contributed by atoms with Crippen LogP contribution in [-0.4, -0.2) is 65.2 Å². The fraction of sp³-hybridized carbons (Fsp3) is 0.550. The SMILES string of the molecule is COCc1cn(CC[C@@H]2CC[C@@H](NC(=O)Nc3ccc(OC)cc3)[C@@H](CO)O2)nn1. The molecule has 0 radical (unpaired) electrons. The van der Waals surface area contributed by atoms with E-state index in [4.69, 9.17) is 14.2 Å². The first-order valence-corrected chi connectivity index (χ1v) is 9.97. The fourth-order valence-electron chi connectivity index (χ4n) is 3.46. The molecule has 3 N–H and O–H groups in total. The van der Waals surface area contributed by atoms with Crippen LogP contribution in [0.1, 0.15) is 25.0 Å². The Kier molecular flexibility index (Phi) is 8.00. The number of nitrogens with one attached hydrogen (secondary N) is 2. The summed E-state index contributed by atoms with van der Waals surface area (Å²) in [6, 6.07) is 6.47. The highest BCUT2D eigenvalue weighted by atomic mass is 16.5. The van der Waals surface area contributed by atoms with Gasteiger partial charge in [0.2, 0.25) is 0 Å². The molecule has 1 fully saturated rings. The van der Waals surface area contributed by atoms with Gasteiger partial charge >= 0.3 is 6.03 Å². The lowest BCUT2D eigenvalue weighted by Crippen LogP contribution is -2.52. The maximum absolute atomic E-state index is 12.3. The second kappa shape index (κ2) is 10.9. The van der Waals surface area contributed by atoms with Crippen LogP contribution in [0.15, 0.2) is 30.5 Å². The molecule has 30 heavy (non-hydrogen) atoms. The topological polar surface area (TPSA) is 120 Å². The fourth-order valence-corrected chi connectivity index (χ4v) is 3.46. The lowest BCUT2D eigenvalue weighted by atomic mass is 9.97. The van der Waals surface area contributed by atoms with E-state index in [2.05, 4.69) is 20.9 Å². The molecule has 10 nitrogen and oxygen atoms in total. The average Bonchev–Trinajstić information content (AvgIpc) is 3.21. The number of carbonyl (C=O) groups excluding carboxylic acids is 1. The van der Waals surface area contributed by atoms with Crippen molar-refractivity contribution in [1.29, 1.82) is 0 Å². The van der Waals surface area contributed by atoms with Crippen LogP contribution in [0, 0.1) is 0 Å². The molecule has 2 aromatic rings. The largest absolute Gasteiger partial charge is 0.497 e. The highest BCUT2D eigenvalue weighted by Crippen LogP contribution is 2.23. The first kappa shape index (κ1) is 22.0. The van der Waals surface area contributed by atoms with Gasteiger partial charge in [-0.05, 0) is 43.5 Å². The highest BCUT2D eigenvalue weighted by molar-refractivity contribution is 5.89. The van der Waals surface area contributed by atoms with Crippen LogP contribution in [0.25, 0.3) is 0 Å². The van der Waals surface area contributed by atoms with Crippen LogP contribution in [0.5, 0.6) is 5.75 Å². The molecule has 0 unspecified atom stereocenters. The summed E-state index contributed by atoms with van der Waals surface area (Å²) in [5.41, 5.74) is 1.44. The molecule has 10 heteroatoms. The predicted octanol–water partition coefficient (Wildman–Crippen LogP) is 1.55. The van der Waals surface area contributed by atoms with E-state index in [9.17, 15) is 9.90 Å². The number of aliphatic hydroxyl groups excluding tert-OH is 1. The van der Waals surface area contributed by atoms with Crippen LogP contribution in [0.3, 0.4) is 0 Å². The van der Waals surface area contributed by atoms with Gasteiger partial charge in [0.05, 0.1) is 38.7 Å². The number of aryl methyl sites for hydroxylation is 1. The number of aromatic nitrogens is 3. The third-order valence-electron chi connectivity index (χ3n) is 5.02. The minimum absolute atomic E-state index is 0.0140. The molecular formula is C20H29N5O5. The van der Waals surface area contributed by atoms with Gasteiger partial charge in [-0.3, -0.25) is 4.68 Å². The Morgan fingerprint density at radius 2 is 2.10 bits per heavy atom. The third kappa shape index (κ3) is 6.15. The van der Waals surface area contributed by atoms with Crippen molar-refractivity contribution in [2.45, 2.75) is 50.7 Å². The van der Waals surface area contributed by atoms with E-state index in [0.29, 0.717) is 24.6 Å². The van der Waals surface area contributed by atoms with E-state index in [-0.39, 0.29) is 24.8 Å². The zero-order chi connectivity index (χ0) is 21.3. The number of urea groups is 1. The summed E-state index contributed by atoms with van der Waals surface area (Å²) >= 11 is 0. The molecule has 0 saturated carbocycles. The Bertz CT molecular complexity index is 797. The van der Waals surface area contributed by atoms with Crippen molar-refractivity contribution in [3.05, 3.63) is 36.2 Å². The van der Waals surface area contributed by atoms with Gasteiger partial charge < -0.3 is 30.0 Å².